The lowest BCUT2D eigenvalue weighted by Gasteiger charge is -2.07. The van der Waals surface area contributed by atoms with E-state index in [-0.39, 0.29) is 10.6 Å². The molecule has 0 fully saturated rings. The molecule has 0 bridgehead atoms. The van der Waals surface area contributed by atoms with Crippen LogP contribution in [0.25, 0.3) is 0 Å². The number of nitrogens with one attached hydrogen (secondary N) is 1. The lowest BCUT2D eigenvalue weighted by atomic mass is 10.1. The molecule has 0 unspecified atom stereocenters. The van der Waals surface area contributed by atoms with Crippen molar-refractivity contribution in [3.63, 3.8) is 0 Å². The molecule has 0 heterocycles. The van der Waals surface area contributed by atoms with Gasteiger partial charge in [0.05, 0.1) is 4.92 Å². The molecular formula is C16H18N2O2S. The van der Waals surface area contributed by atoms with Gasteiger partial charge in [-0.15, -0.1) is 11.8 Å². The number of nitro groups is 1. The Morgan fingerprint density at radius 2 is 1.90 bits per heavy atom. The first kappa shape index (κ1) is 15.4. The van der Waals surface area contributed by atoms with E-state index in [4.69, 9.17) is 0 Å². The zero-order chi connectivity index (χ0) is 15.4. The fourth-order valence-electron chi connectivity index (χ4n) is 2.00. The average molecular weight is 302 g/mol. The van der Waals surface area contributed by atoms with Crippen LogP contribution in [-0.2, 0) is 5.75 Å². The van der Waals surface area contributed by atoms with Crippen LogP contribution in [-0.4, -0.2) is 12.0 Å². The Balaban J connectivity index is 2.14. The first-order valence-corrected chi connectivity index (χ1v) is 7.65. The zero-order valence-corrected chi connectivity index (χ0v) is 13.2. The van der Waals surface area contributed by atoms with Gasteiger partial charge in [0, 0.05) is 23.8 Å². The van der Waals surface area contributed by atoms with Crippen LogP contribution in [0.2, 0.25) is 0 Å². The summed E-state index contributed by atoms with van der Waals surface area (Å²) in [4.78, 5) is 11.9. The average Bonchev–Trinajstić information content (AvgIpc) is 2.48. The minimum absolute atomic E-state index is 0.121. The van der Waals surface area contributed by atoms with E-state index in [1.807, 2.05) is 6.07 Å². The molecule has 2 aromatic rings. The summed E-state index contributed by atoms with van der Waals surface area (Å²) in [7, 11) is 1.69. The number of benzene rings is 2. The number of hydrogen-bond donors (Lipinski definition) is 1. The third-order valence-corrected chi connectivity index (χ3v) is 4.48. The van der Waals surface area contributed by atoms with Crippen molar-refractivity contribution in [2.75, 3.05) is 12.4 Å². The summed E-state index contributed by atoms with van der Waals surface area (Å²) in [5, 5.41) is 13.9. The standard InChI is InChI=1S/C16H18N2O2S/c1-11-4-6-14(8-12(11)2)21-10-13-5-7-15(17-3)16(9-13)18(19)20/h4-9,17H,10H2,1-3H3. The van der Waals surface area contributed by atoms with Gasteiger partial charge in [0.25, 0.3) is 5.69 Å². The predicted molar refractivity (Wildman–Crippen MR) is 88.1 cm³/mol. The molecule has 0 aliphatic rings. The second-order valence-corrected chi connectivity index (χ2v) is 5.94. The lowest BCUT2D eigenvalue weighted by molar-refractivity contribution is -0.384. The molecule has 0 amide bonds. The maximum Gasteiger partial charge on any atom is 0.292 e. The third-order valence-electron chi connectivity index (χ3n) is 3.41. The highest BCUT2D eigenvalue weighted by molar-refractivity contribution is 7.98. The van der Waals surface area contributed by atoms with Crippen LogP contribution in [0, 0.1) is 24.0 Å². The first-order valence-electron chi connectivity index (χ1n) is 6.66. The second kappa shape index (κ2) is 6.63. The van der Waals surface area contributed by atoms with Crippen molar-refractivity contribution in [2.24, 2.45) is 0 Å². The monoisotopic (exact) mass is 302 g/mol. The lowest BCUT2D eigenvalue weighted by Crippen LogP contribution is -1.97. The molecule has 2 aromatic carbocycles. The topological polar surface area (TPSA) is 55.2 Å². The number of hydrogen-bond acceptors (Lipinski definition) is 4. The fraction of sp³-hybridized carbons (Fsp3) is 0.250. The highest BCUT2D eigenvalue weighted by atomic mass is 32.2. The van der Waals surface area contributed by atoms with Gasteiger partial charge >= 0.3 is 0 Å². The normalized spacial score (nSPS) is 10.4. The van der Waals surface area contributed by atoms with Crippen molar-refractivity contribution < 1.29 is 4.92 Å². The van der Waals surface area contributed by atoms with E-state index in [0.717, 1.165) is 5.56 Å². The largest absolute Gasteiger partial charge is 0.383 e. The number of thioether (sulfide) groups is 1. The van der Waals surface area contributed by atoms with Crippen molar-refractivity contribution >= 4 is 23.1 Å². The van der Waals surface area contributed by atoms with Crippen LogP contribution < -0.4 is 5.32 Å². The van der Waals surface area contributed by atoms with Crippen LogP contribution in [0.15, 0.2) is 41.3 Å². The van der Waals surface area contributed by atoms with Gasteiger partial charge in [-0.3, -0.25) is 10.1 Å². The van der Waals surface area contributed by atoms with Gasteiger partial charge in [0.2, 0.25) is 0 Å². The summed E-state index contributed by atoms with van der Waals surface area (Å²) >= 11 is 1.69. The van der Waals surface area contributed by atoms with E-state index in [1.54, 1.807) is 30.9 Å². The van der Waals surface area contributed by atoms with Crippen LogP contribution in [0.5, 0.6) is 0 Å². The first-order chi connectivity index (χ1) is 10.0. The van der Waals surface area contributed by atoms with E-state index >= 15 is 0 Å². The molecule has 2 rings (SSSR count). The minimum Gasteiger partial charge on any atom is -0.383 e. The maximum atomic E-state index is 11.0. The quantitative estimate of drug-likeness (QED) is 0.500. The van der Waals surface area contributed by atoms with Gasteiger partial charge in [-0.1, -0.05) is 12.1 Å². The number of aryl methyl sites for hydroxylation is 2. The Hall–Kier alpha value is -2.01. The van der Waals surface area contributed by atoms with Crippen LogP contribution in [0.4, 0.5) is 11.4 Å². The number of nitrogens with zero attached hydrogens (tertiary/aromatic N) is 1. The molecule has 4 nitrogen and oxygen atoms in total. The molecule has 5 heteroatoms. The summed E-state index contributed by atoms with van der Waals surface area (Å²) in [5.74, 6) is 0.716. The molecule has 0 atom stereocenters. The predicted octanol–water partition coefficient (Wildman–Crippen LogP) is 4.55. The molecule has 0 aliphatic carbocycles. The summed E-state index contributed by atoms with van der Waals surface area (Å²) in [6, 6.07) is 11.7. The van der Waals surface area contributed by atoms with E-state index in [1.165, 1.54) is 16.0 Å². The fourth-order valence-corrected chi connectivity index (χ4v) is 2.94. The summed E-state index contributed by atoms with van der Waals surface area (Å²) in [6.45, 7) is 4.18. The summed E-state index contributed by atoms with van der Waals surface area (Å²) in [6.07, 6.45) is 0. The molecule has 0 radical (unpaired) electrons. The van der Waals surface area contributed by atoms with Crippen molar-refractivity contribution in [3.8, 4) is 0 Å². The Bertz CT molecular complexity index is 671. The summed E-state index contributed by atoms with van der Waals surface area (Å²) in [5.41, 5.74) is 4.14. The highest BCUT2D eigenvalue weighted by Gasteiger charge is 2.13. The Morgan fingerprint density at radius 3 is 2.52 bits per heavy atom. The van der Waals surface area contributed by atoms with Crippen molar-refractivity contribution in [3.05, 3.63) is 63.2 Å². The van der Waals surface area contributed by atoms with Crippen molar-refractivity contribution in [2.45, 2.75) is 24.5 Å². The van der Waals surface area contributed by atoms with Crippen molar-refractivity contribution in [1.29, 1.82) is 0 Å². The third kappa shape index (κ3) is 3.76. The summed E-state index contributed by atoms with van der Waals surface area (Å²) < 4.78 is 0. The second-order valence-electron chi connectivity index (χ2n) is 4.89. The minimum atomic E-state index is -0.351. The van der Waals surface area contributed by atoms with E-state index < -0.39 is 0 Å². The molecule has 110 valence electrons. The van der Waals surface area contributed by atoms with E-state index in [9.17, 15) is 10.1 Å². The van der Waals surface area contributed by atoms with E-state index in [2.05, 4.69) is 37.4 Å². The Kier molecular flexibility index (Phi) is 4.85. The molecule has 21 heavy (non-hydrogen) atoms. The number of rotatable bonds is 5. The van der Waals surface area contributed by atoms with Gasteiger partial charge in [0.15, 0.2) is 0 Å². The molecule has 0 saturated carbocycles. The van der Waals surface area contributed by atoms with Gasteiger partial charge in [-0.25, -0.2) is 0 Å². The number of anilines is 1. The molecule has 0 saturated heterocycles. The Labute approximate surface area is 128 Å². The van der Waals surface area contributed by atoms with Gasteiger partial charge in [-0.2, -0.15) is 0 Å². The smallest absolute Gasteiger partial charge is 0.292 e. The van der Waals surface area contributed by atoms with Crippen molar-refractivity contribution in [1.82, 2.24) is 0 Å². The van der Waals surface area contributed by atoms with Crippen LogP contribution in [0.1, 0.15) is 16.7 Å². The number of nitro benzene ring substituents is 1. The van der Waals surface area contributed by atoms with Gasteiger partial charge in [-0.05, 0) is 48.7 Å². The molecule has 0 aliphatic heterocycles. The van der Waals surface area contributed by atoms with Gasteiger partial charge < -0.3 is 5.32 Å². The van der Waals surface area contributed by atoms with Crippen LogP contribution >= 0.6 is 11.8 Å². The molecule has 0 spiro atoms. The van der Waals surface area contributed by atoms with E-state index in [0.29, 0.717) is 11.4 Å². The maximum absolute atomic E-state index is 11.0. The zero-order valence-electron chi connectivity index (χ0n) is 12.3. The highest BCUT2D eigenvalue weighted by Crippen LogP contribution is 2.29. The van der Waals surface area contributed by atoms with Gasteiger partial charge in [0.1, 0.15) is 5.69 Å². The van der Waals surface area contributed by atoms with Crippen LogP contribution in [0.3, 0.4) is 0 Å². The molecule has 1 N–H and O–H groups in total. The molecule has 0 aromatic heterocycles. The Morgan fingerprint density at radius 1 is 1.14 bits per heavy atom. The molecular weight excluding hydrogens is 284 g/mol. The SMILES string of the molecule is CNc1ccc(CSc2ccc(C)c(C)c2)cc1[N+](=O)[O-].